The Bertz CT molecular complexity index is 475. The van der Waals surface area contributed by atoms with E-state index in [-0.39, 0.29) is 12.6 Å². The van der Waals surface area contributed by atoms with E-state index in [1.54, 1.807) is 0 Å². The standard InChI is InChI=1S/C15H21NO4/c1-3-11(2)16(10-14(17)18)9-12-5-4-6-13-15(12)20-8-7-19-13/h4-6,11H,3,7-10H2,1-2H3,(H,17,18)/t11-/m1/s1. The third-order valence-corrected chi connectivity index (χ3v) is 3.57. The molecule has 0 bridgehead atoms. The van der Waals surface area contributed by atoms with Crippen LogP contribution in [0.15, 0.2) is 18.2 Å². The van der Waals surface area contributed by atoms with Crippen molar-refractivity contribution in [3.05, 3.63) is 23.8 Å². The molecule has 0 spiro atoms. The van der Waals surface area contributed by atoms with Crippen LogP contribution in [0, 0.1) is 0 Å². The van der Waals surface area contributed by atoms with Gasteiger partial charge in [0.15, 0.2) is 11.5 Å². The first-order chi connectivity index (χ1) is 9.61. The molecule has 110 valence electrons. The summed E-state index contributed by atoms with van der Waals surface area (Å²) >= 11 is 0. The number of aliphatic carboxylic acids is 1. The van der Waals surface area contributed by atoms with Crippen LogP contribution in [0.3, 0.4) is 0 Å². The van der Waals surface area contributed by atoms with Crippen LogP contribution in [0.5, 0.6) is 11.5 Å². The first-order valence-corrected chi connectivity index (χ1v) is 6.95. The van der Waals surface area contributed by atoms with Crippen molar-refractivity contribution in [2.24, 2.45) is 0 Å². The molecule has 0 aromatic heterocycles. The molecule has 5 heteroatoms. The number of carboxylic acid groups (broad SMARTS) is 1. The van der Waals surface area contributed by atoms with Crippen LogP contribution < -0.4 is 9.47 Å². The Labute approximate surface area is 119 Å². The second-order valence-corrected chi connectivity index (χ2v) is 5.00. The van der Waals surface area contributed by atoms with Gasteiger partial charge in [0.25, 0.3) is 0 Å². The molecule has 0 unspecified atom stereocenters. The fourth-order valence-corrected chi connectivity index (χ4v) is 2.28. The molecule has 0 saturated heterocycles. The molecule has 0 aliphatic carbocycles. The zero-order valence-corrected chi connectivity index (χ0v) is 12.0. The van der Waals surface area contributed by atoms with Crippen molar-refractivity contribution in [2.75, 3.05) is 19.8 Å². The van der Waals surface area contributed by atoms with Gasteiger partial charge in [-0.2, -0.15) is 0 Å². The Kier molecular flexibility index (Phi) is 4.84. The van der Waals surface area contributed by atoms with Gasteiger partial charge in [0.2, 0.25) is 0 Å². The molecule has 0 amide bonds. The van der Waals surface area contributed by atoms with Crippen molar-refractivity contribution in [3.8, 4) is 11.5 Å². The summed E-state index contributed by atoms with van der Waals surface area (Å²) in [6.07, 6.45) is 0.902. The minimum absolute atomic E-state index is 0.0273. The third-order valence-electron chi connectivity index (χ3n) is 3.57. The number of rotatable bonds is 6. The number of carboxylic acids is 1. The Morgan fingerprint density at radius 2 is 2.15 bits per heavy atom. The minimum atomic E-state index is -0.813. The maximum atomic E-state index is 11.0. The molecule has 1 aliphatic rings. The molecule has 0 radical (unpaired) electrons. The van der Waals surface area contributed by atoms with Crippen molar-refractivity contribution in [2.45, 2.75) is 32.9 Å². The lowest BCUT2D eigenvalue weighted by molar-refractivity contribution is -0.139. The van der Waals surface area contributed by atoms with Crippen molar-refractivity contribution < 1.29 is 19.4 Å². The minimum Gasteiger partial charge on any atom is -0.486 e. The lowest BCUT2D eigenvalue weighted by Gasteiger charge is -2.28. The van der Waals surface area contributed by atoms with E-state index >= 15 is 0 Å². The summed E-state index contributed by atoms with van der Waals surface area (Å²) < 4.78 is 11.2. The normalized spacial score (nSPS) is 15.2. The number of benzene rings is 1. The van der Waals surface area contributed by atoms with Crippen molar-refractivity contribution >= 4 is 5.97 Å². The largest absolute Gasteiger partial charge is 0.486 e. The lowest BCUT2D eigenvalue weighted by Crippen LogP contribution is -2.36. The summed E-state index contributed by atoms with van der Waals surface area (Å²) in [7, 11) is 0. The maximum Gasteiger partial charge on any atom is 0.317 e. The van der Waals surface area contributed by atoms with E-state index in [0.717, 1.165) is 23.5 Å². The molecule has 20 heavy (non-hydrogen) atoms. The third kappa shape index (κ3) is 3.42. The van der Waals surface area contributed by atoms with E-state index < -0.39 is 5.97 Å². The number of nitrogens with zero attached hydrogens (tertiary/aromatic N) is 1. The average molecular weight is 279 g/mol. The first kappa shape index (κ1) is 14.7. The van der Waals surface area contributed by atoms with Crippen LogP contribution in [0.25, 0.3) is 0 Å². The van der Waals surface area contributed by atoms with Gasteiger partial charge in [0, 0.05) is 18.2 Å². The Morgan fingerprint density at radius 1 is 1.40 bits per heavy atom. The van der Waals surface area contributed by atoms with Crippen molar-refractivity contribution in [1.82, 2.24) is 4.90 Å². The molecule has 1 heterocycles. The summed E-state index contributed by atoms with van der Waals surface area (Å²) in [5.41, 5.74) is 0.976. The number of fused-ring (bicyclic) bond motifs is 1. The quantitative estimate of drug-likeness (QED) is 0.864. The first-order valence-electron chi connectivity index (χ1n) is 6.95. The monoisotopic (exact) mass is 279 g/mol. The maximum absolute atomic E-state index is 11.0. The number of hydrogen-bond acceptors (Lipinski definition) is 4. The van der Waals surface area contributed by atoms with E-state index in [1.165, 1.54) is 0 Å². The lowest BCUT2D eigenvalue weighted by atomic mass is 10.1. The highest BCUT2D eigenvalue weighted by Crippen LogP contribution is 2.34. The second kappa shape index (κ2) is 6.61. The molecule has 5 nitrogen and oxygen atoms in total. The Morgan fingerprint density at radius 3 is 2.85 bits per heavy atom. The number of ether oxygens (including phenoxy) is 2. The van der Waals surface area contributed by atoms with Gasteiger partial charge >= 0.3 is 5.97 Å². The average Bonchev–Trinajstić information content (AvgIpc) is 2.45. The number of carbonyl (C=O) groups is 1. The Hall–Kier alpha value is -1.75. The molecule has 1 N–H and O–H groups in total. The van der Waals surface area contributed by atoms with Gasteiger partial charge in [0.1, 0.15) is 13.2 Å². The molecular weight excluding hydrogens is 258 g/mol. The molecule has 2 rings (SSSR count). The molecule has 1 aliphatic heterocycles. The van der Waals surface area contributed by atoms with E-state index in [2.05, 4.69) is 6.92 Å². The summed E-state index contributed by atoms with van der Waals surface area (Å²) in [5, 5.41) is 9.05. The van der Waals surface area contributed by atoms with Crippen molar-refractivity contribution in [3.63, 3.8) is 0 Å². The van der Waals surface area contributed by atoms with Gasteiger partial charge in [-0.1, -0.05) is 19.1 Å². The highest BCUT2D eigenvalue weighted by Gasteiger charge is 2.21. The van der Waals surface area contributed by atoms with Crippen LogP contribution in [-0.4, -0.2) is 41.8 Å². The van der Waals surface area contributed by atoms with E-state index in [4.69, 9.17) is 14.6 Å². The second-order valence-electron chi connectivity index (χ2n) is 5.00. The predicted octanol–water partition coefficient (Wildman–Crippen LogP) is 2.14. The zero-order valence-electron chi connectivity index (χ0n) is 12.0. The number of hydrogen-bond donors (Lipinski definition) is 1. The van der Waals surface area contributed by atoms with Crippen LogP contribution >= 0.6 is 0 Å². The molecule has 1 aromatic carbocycles. The zero-order chi connectivity index (χ0) is 14.5. The molecular formula is C15H21NO4. The van der Waals surface area contributed by atoms with Gasteiger partial charge in [-0.05, 0) is 19.4 Å². The van der Waals surface area contributed by atoms with E-state index in [0.29, 0.717) is 19.8 Å². The van der Waals surface area contributed by atoms with Crippen LogP contribution in [-0.2, 0) is 11.3 Å². The fraction of sp³-hybridized carbons (Fsp3) is 0.533. The van der Waals surface area contributed by atoms with Crippen LogP contribution in [0.1, 0.15) is 25.8 Å². The van der Waals surface area contributed by atoms with E-state index in [1.807, 2.05) is 30.0 Å². The topological polar surface area (TPSA) is 59.0 Å². The smallest absolute Gasteiger partial charge is 0.317 e. The molecule has 1 atom stereocenters. The SMILES string of the molecule is CC[C@@H](C)N(CC(=O)O)Cc1cccc2c1OCCO2. The van der Waals surface area contributed by atoms with Crippen LogP contribution in [0.4, 0.5) is 0 Å². The van der Waals surface area contributed by atoms with E-state index in [9.17, 15) is 4.79 Å². The van der Waals surface area contributed by atoms with Gasteiger partial charge < -0.3 is 14.6 Å². The fourth-order valence-electron chi connectivity index (χ4n) is 2.28. The molecule has 1 aromatic rings. The van der Waals surface area contributed by atoms with Gasteiger partial charge in [-0.25, -0.2) is 0 Å². The Balaban J connectivity index is 2.19. The summed E-state index contributed by atoms with van der Waals surface area (Å²) in [6, 6.07) is 5.96. The highest BCUT2D eigenvalue weighted by molar-refractivity contribution is 5.69. The predicted molar refractivity (Wildman–Crippen MR) is 75.2 cm³/mol. The highest BCUT2D eigenvalue weighted by atomic mass is 16.6. The van der Waals surface area contributed by atoms with Gasteiger partial charge in [-0.15, -0.1) is 0 Å². The number of para-hydroxylation sites is 1. The van der Waals surface area contributed by atoms with Gasteiger partial charge in [0.05, 0.1) is 6.54 Å². The molecule has 0 saturated carbocycles. The van der Waals surface area contributed by atoms with Crippen molar-refractivity contribution in [1.29, 1.82) is 0 Å². The molecule has 0 fully saturated rings. The summed E-state index contributed by atoms with van der Waals surface area (Å²) in [6.45, 7) is 5.76. The summed E-state index contributed by atoms with van der Waals surface area (Å²) in [5.74, 6) is 0.679. The van der Waals surface area contributed by atoms with Crippen LogP contribution in [0.2, 0.25) is 0 Å². The summed E-state index contributed by atoms with van der Waals surface area (Å²) in [4.78, 5) is 13.0. The van der Waals surface area contributed by atoms with Gasteiger partial charge in [-0.3, -0.25) is 9.69 Å².